The first-order chi connectivity index (χ1) is 11.8. The van der Waals surface area contributed by atoms with E-state index < -0.39 is 0 Å². The van der Waals surface area contributed by atoms with E-state index in [0.29, 0.717) is 12.3 Å². The van der Waals surface area contributed by atoms with Gasteiger partial charge in [0.25, 0.3) is 0 Å². The largest absolute Gasteiger partial charge is 0.496 e. The maximum Gasteiger partial charge on any atom is 0.224 e. The van der Waals surface area contributed by atoms with Crippen molar-refractivity contribution in [2.75, 3.05) is 7.11 Å². The number of hydrogen-bond acceptors (Lipinski definition) is 5. The Labute approximate surface area is 144 Å². The Morgan fingerprint density at radius 3 is 2.79 bits per heavy atom. The third-order valence-electron chi connectivity index (χ3n) is 3.53. The first kappa shape index (κ1) is 16.1. The molecule has 1 aromatic carbocycles. The summed E-state index contributed by atoms with van der Waals surface area (Å²) >= 11 is 1.60. The lowest BCUT2D eigenvalue weighted by Crippen LogP contribution is -2.25. The van der Waals surface area contributed by atoms with Crippen LogP contribution in [-0.2, 0) is 17.8 Å². The molecule has 0 radical (unpaired) electrons. The zero-order chi connectivity index (χ0) is 16.8. The smallest absolute Gasteiger partial charge is 0.224 e. The molecule has 0 unspecified atom stereocenters. The van der Waals surface area contributed by atoms with Crippen LogP contribution in [0.25, 0.3) is 10.6 Å². The van der Waals surface area contributed by atoms with E-state index in [1.807, 2.05) is 41.8 Å². The zero-order valence-electron chi connectivity index (χ0n) is 13.2. The number of hydrogen-bond donors (Lipinski definition) is 1. The number of nitrogens with zero attached hydrogens (tertiary/aromatic N) is 2. The summed E-state index contributed by atoms with van der Waals surface area (Å²) in [7, 11) is 1.60. The van der Waals surface area contributed by atoms with Crippen molar-refractivity contribution in [3.63, 3.8) is 0 Å². The number of aromatic nitrogens is 2. The molecule has 1 N–H and O–H groups in total. The number of carbonyl (C=O) groups is 1. The van der Waals surface area contributed by atoms with Crippen molar-refractivity contribution in [2.24, 2.45) is 0 Å². The molecule has 2 heterocycles. The number of ether oxygens (including phenoxy) is 1. The molecular formula is C18H17N3O2S. The molecule has 2 aromatic heterocycles. The number of nitrogens with one attached hydrogen (secondary N) is 1. The van der Waals surface area contributed by atoms with Crippen molar-refractivity contribution in [3.8, 4) is 16.3 Å². The molecule has 0 saturated carbocycles. The fourth-order valence-electron chi connectivity index (χ4n) is 2.38. The van der Waals surface area contributed by atoms with Gasteiger partial charge in [0.1, 0.15) is 11.4 Å². The van der Waals surface area contributed by atoms with Gasteiger partial charge in [0.05, 0.1) is 30.6 Å². The molecule has 0 aliphatic heterocycles. The van der Waals surface area contributed by atoms with E-state index in [-0.39, 0.29) is 12.3 Å². The Bertz CT molecular complexity index is 819. The van der Waals surface area contributed by atoms with Crippen LogP contribution in [0.4, 0.5) is 0 Å². The van der Waals surface area contributed by atoms with Crippen molar-refractivity contribution >= 4 is 17.2 Å². The Morgan fingerprint density at radius 2 is 2.00 bits per heavy atom. The highest BCUT2D eigenvalue weighted by atomic mass is 32.1. The molecule has 122 valence electrons. The summed E-state index contributed by atoms with van der Waals surface area (Å²) in [6, 6.07) is 11.5. The fraction of sp³-hybridized carbons (Fsp3) is 0.167. The highest BCUT2D eigenvalue weighted by Gasteiger charge is 2.12. The van der Waals surface area contributed by atoms with Gasteiger partial charge in [-0.2, -0.15) is 0 Å². The van der Waals surface area contributed by atoms with Gasteiger partial charge in [-0.15, -0.1) is 11.3 Å². The number of carbonyl (C=O) groups excluding carboxylic acids is 1. The van der Waals surface area contributed by atoms with E-state index in [9.17, 15) is 4.79 Å². The van der Waals surface area contributed by atoms with Crippen molar-refractivity contribution in [2.45, 2.75) is 13.0 Å². The summed E-state index contributed by atoms with van der Waals surface area (Å²) in [5, 5.41) is 4.90. The van der Waals surface area contributed by atoms with Crippen LogP contribution in [0.5, 0.6) is 5.75 Å². The average molecular weight is 339 g/mol. The zero-order valence-corrected chi connectivity index (χ0v) is 14.0. The molecule has 1 amide bonds. The number of methoxy groups -OCH3 is 1. The molecule has 3 rings (SSSR count). The van der Waals surface area contributed by atoms with E-state index in [0.717, 1.165) is 21.8 Å². The van der Waals surface area contributed by atoms with Gasteiger partial charge in [0.15, 0.2) is 0 Å². The Balaban J connectivity index is 1.67. The summed E-state index contributed by atoms with van der Waals surface area (Å²) in [4.78, 5) is 22.0. The van der Waals surface area contributed by atoms with Crippen LogP contribution in [0, 0.1) is 0 Å². The van der Waals surface area contributed by atoms with Crippen LogP contribution in [0.3, 0.4) is 0 Å². The van der Waals surface area contributed by atoms with Crippen LogP contribution in [-0.4, -0.2) is 23.0 Å². The Hall–Kier alpha value is -2.73. The predicted molar refractivity (Wildman–Crippen MR) is 93.9 cm³/mol. The molecule has 0 aliphatic carbocycles. The van der Waals surface area contributed by atoms with Crippen LogP contribution in [0.1, 0.15) is 11.3 Å². The van der Waals surface area contributed by atoms with E-state index in [1.54, 1.807) is 30.8 Å². The summed E-state index contributed by atoms with van der Waals surface area (Å²) in [6.45, 7) is 0.342. The van der Waals surface area contributed by atoms with Crippen molar-refractivity contribution in [3.05, 3.63) is 65.4 Å². The molecule has 0 aliphatic rings. The van der Waals surface area contributed by atoms with Gasteiger partial charge >= 0.3 is 0 Å². The Morgan fingerprint density at radius 1 is 1.17 bits per heavy atom. The molecule has 0 spiro atoms. The van der Waals surface area contributed by atoms with Gasteiger partial charge in [-0.3, -0.25) is 14.8 Å². The minimum Gasteiger partial charge on any atom is -0.496 e. The molecule has 0 bridgehead atoms. The quantitative estimate of drug-likeness (QED) is 0.750. The van der Waals surface area contributed by atoms with Gasteiger partial charge < -0.3 is 10.1 Å². The van der Waals surface area contributed by atoms with Gasteiger partial charge in [0.2, 0.25) is 5.91 Å². The van der Waals surface area contributed by atoms with E-state index in [4.69, 9.17) is 4.74 Å². The number of amides is 1. The van der Waals surface area contributed by atoms with Gasteiger partial charge in [-0.05, 0) is 17.5 Å². The number of benzene rings is 1. The summed E-state index contributed by atoms with van der Waals surface area (Å²) < 4.78 is 5.28. The second kappa shape index (κ2) is 7.70. The summed E-state index contributed by atoms with van der Waals surface area (Å²) in [5.74, 6) is 0.633. The van der Waals surface area contributed by atoms with Crippen molar-refractivity contribution < 1.29 is 9.53 Å². The SMILES string of the molecule is COc1ccccc1CC(=O)NCc1nccnc1-c1cccs1. The second-order valence-electron chi connectivity index (χ2n) is 5.09. The normalized spacial score (nSPS) is 10.4. The van der Waals surface area contributed by atoms with Crippen LogP contribution in [0.2, 0.25) is 0 Å². The molecule has 6 heteroatoms. The number of thiophene rings is 1. The lowest BCUT2D eigenvalue weighted by Gasteiger charge is -2.10. The first-order valence-corrected chi connectivity index (χ1v) is 8.38. The third kappa shape index (κ3) is 3.78. The maximum absolute atomic E-state index is 12.2. The Kier molecular flexibility index (Phi) is 5.18. The van der Waals surface area contributed by atoms with E-state index in [2.05, 4.69) is 15.3 Å². The van der Waals surface area contributed by atoms with Gasteiger partial charge in [-0.1, -0.05) is 24.3 Å². The van der Waals surface area contributed by atoms with Gasteiger partial charge in [-0.25, -0.2) is 0 Å². The lowest BCUT2D eigenvalue weighted by atomic mass is 10.1. The molecule has 0 atom stereocenters. The fourth-order valence-corrected chi connectivity index (χ4v) is 3.13. The molecule has 3 aromatic rings. The monoisotopic (exact) mass is 339 g/mol. The van der Waals surface area contributed by atoms with E-state index >= 15 is 0 Å². The predicted octanol–water partition coefficient (Wildman–Crippen LogP) is 3.07. The minimum absolute atomic E-state index is 0.0812. The highest BCUT2D eigenvalue weighted by molar-refractivity contribution is 7.13. The highest BCUT2D eigenvalue weighted by Crippen LogP contribution is 2.24. The van der Waals surface area contributed by atoms with Crippen molar-refractivity contribution in [1.82, 2.24) is 15.3 Å². The lowest BCUT2D eigenvalue weighted by molar-refractivity contribution is -0.120. The van der Waals surface area contributed by atoms with E-state index in [1.165, 1.54) is 0 Å². The maximum atomic E-state index is 12.2. The van der Waals surface area contributed by atoms with Crippen LogP contribution < -0.4 is 10.1 Å². The summed E-state index contributed by atoms with van der Waals surface area (Å²) in [6.07, 6.45) is 3.56. The van der Waals surface area contributed by atoms with Crippen LogP contribution in [0.15, 0.2) is 54.2 Å². The molecular weight excluding hydrogens is 322 g/mol. The summed E-state index contributed by atoms with van der Waals surface area (Å²) in [5.41, 5.74) is 2.42. The third-order valence-corrected chi connectivity index (χ3v) is 4.40. The number of rotatable bonds is 6. The van der Waals surface area contributed by atoms with Gasteiger partial charge in [0, 0.05) is 18.0 Å². The number of para-hydroxylation sites is 1. The molecule has 24 heavy (non-hydrogen) atoms. The van der Waals surface area contributed by atoms with Crippen LogP contribution >= 0.6 is 11.3 Å². The average Bonchev–Trinajstić information content (AvgIpc) is 3.15. The first-order valence-electron chi connectivity index (χ1n) is 7.50. The molecule has 5 nitrogen and oxygen atoms in total. The van der Waals surface area contributed by atoms with Crippen molar-refractivity contribution in [1.29, 1.82) is 0 Å². The second-order valence-corrected chi connectivity index (χ2v) is 6.04. The molecule has 0 fully saturated rings. The standard InChI is InChI=1S/C18H17N3O2S/c1-23-15-6-3-2-5-13(15)11-17(22)21-12-14-18(20-9-8-19-14)16-7-4-10-24-16/h2-10H,11-12H2,1H3,(H,21,22). The topological polar surface area (TPSA) is 64.1 Å². The minimum atomic E-state index is -0.0812. The molecule has 0 saturated heterocycles.